The van der Waals surface area contributed by atoms with Gasteiger partial charge in [0.2, 0.25) is 0 Å². The first kappa shape index (κ1) is 16.8. The van der Waals surface area contributed by atoms with Crippen LogP contribution in [0.25, 0.3) is 0 Å². The highest BCUT2D eigenvalue weighted by Gasteiger charge is 2.18. The summed E-state index contributed by atoms with van der Waals surface area (Å²) < 4.78 is 0. The van der Waals surface area contributed by atoms with Crippen molar-refractivity contribution in [2.45, 2.75) is 59.4 Å². The van der Waals surface area contributed by atoms with Gasteiger partial charge >= 0.3 is 0 Å². The molecule has 1 heteroatoms. The quantitative estimate of drug-likeness (QED) is 0.835. The van der Waals surface area contributed by atoms with Gasteiger partial charge in [0.25, 0.3) is 0 Å². The van der Waals surface area contributed by atoms with Crippen molar-refractivity contribution in [3.63, 3.8) is 0 Å². The van der Waals surface area contributed by atoms with Crippen LogP contribution in [0.1, 0.15) is 66.6 Å². The van der Waals surface area contributed by atoms with Gasteiger partial charge in [-0.05, 0) is 60.4 Å². The lowest BCUT2D eigenvalue weighted by atomic mass is 9.95. The molecule has 1 atom stereocenters. The van der Waals surface area contributed by atoms with Crippen molar-refractivity contribution < 1.29 is 0 Å². The second kappa shape index (κ2) is 7.60. The number of aryl methyl sites for hydroxylation is 3. The molecule has 0 saturated heterocycles. The molecule has 0 radical (unpaired) electrons. The lowest BCUT2D eigenvalue weighted by Crippen LogP contribution is -2.05. The van der Waals surface area contributed by atoms with Gasteiger partial charge in [-0.1, -0.05) is 62.7 Å². The van der Waals surface area contributed by atoms with Gasteiger partial charge in [-0.25, -0.2) is 0 Å². The molecule has 0 amide bonds. The van der Waals surface area contributed by atoms with Crippen LogP contribution in [-0.4, -0.2) is 0 Å². The summed E-state index contributed by atoms with van der Waals surface area (Å²) in [4.78, 5) is 0. The van der Waals surface area contributed by atoms with E-state index in [4.69, 9.17) is 5.73 Å². The first-order valence-electron chi connectivity index (χ1n) is 8.63. The second-order valence-electron chi connectivity index (χ2n) is 5.98. The van der Waals surface area contributed by atoms with Gasteiger partial charge in [0.15, 0.2) is 0 Å². The standard InChI is InChI=1S/C19H23N.C2H6/c1-3-15-10-13(2)4-6-16(15)11-14-5-8-18-17(12-14)7-9-19(18)20;1-2/h4-6,8,10,12,19H,3,7,9,11,20H2,1-2H3;1-2H3. The first-order chi connectivity index (χ1) is 10.7. The first-order valence-corrected chi connectivity index (χ1v) is 8.63. The van der Waals surface area contributed by atoms with Crippen molar-refractivity contribution in [1.29, 1.82) is 0 Å². The molecule has 1 aliphatic rings. The summed E-state index contributed by atoms with van der Waals surface area (Å²) in [7, 11) is 0. The van der Waals surface area contributed by atoms with Crippen LogP contribution in [0.5, 0.6) is 0 Å². The molecule has 0 saturated carbocycles. The van der Waals surface area contributed by atoms with Crippen LogP contribution >= 0.6 is 0 Å². The maximum atomic E-state index is 6.11. The van der Waals surface area contributed by atoms with Crippen molar-refractivity contribution in [2.75, 3.05) is 0 Å². The van der Waals surface area contributed by atoms with Gasteiger partial charge in [-0.15, -0.1) is 0 Å². The smallest absolute Gasteiger partial charge is 0.0300 e. The molecule has 1 unspecified atom stereocenters. The molecule has 2 aromatic rings. The molecule has 118 valence electrons. The summed E-state index contributed by atoms with van der Waals surface area (Å²) >= 11 is 0. The van der Waals surface area contributed by atoms with Crippen molar-refractivity contribution in [3.05, 3.63) is 69.8 Å². The van der Waals surface area contributed by atoms with Gasteiger partial charge in [-0.3, -0.25) is 0 Å². The Bertz CT molecular complexity index is 628. The van der Waals surface area contributed by atoms with Gasteiger partial charge in [-0.2, -0.15) is 0 Å². The van der Waals surface area contributed by atoms with Gasteiger partial charge in [0.05, 0.1) is 0 Å². The topological polar surface area (TPSA) is 26.0 Å². The Kier molecular flexibility index (Phi) is 5.79. The van der Waals surface area contributed by atoms with Gasteiger partial charge < -0.3 is 5.73 Å². The number of rotatable bonds is 3. The average Bonchev–Trinajstić information content (AvgIpc) is 2.92. The maximum Gasteiger partial charge on any atom is 0.0300 e. The Morgan fingerprint density at radius 3 is 2.55 bits per heavy atom. The summed E-state index contributed by atoms with van der Waals surface area (Å²) in [6.45, 7) is 8.40. The Morgan fingerprint density at radius 1 is 1.05 bits per heavy atom. The fourth-order valence-electron chi connectivity index (χ4n) is 3.29. The summed E-state index contributed by atoms with van der Waals surface area (Å²) in [5, 5.41) is 0. The third-order valence-electron chi connectivity index (χ3n) is 4.47. The van der Waals surface area contributed by atoms with Crippen LogP contribution in [0.2, 0.25) is 0 Å². The Hall–Kier alpha value is -1.60. The monoisotopic (exact) mass is 295 g/mol. The molecule has 0 aromatic heterocycles. The molecule has 0 fully saturated rings. The van der Waals surface area contributed by atoms with Gasteiger partial charge in [0.1, 0.15) is 0 Å². The van der Waals surface area contributed by atoms with Crippen molar-refractivity contribution in [1.82, 2.24) is 0 Å². The number of fused-ring (bicyclic) bond motifs is 1. The largest absolute Gasteiger partial charge is 0.324 e. The SMILES string of the molecule is CC.CCc1cc(C)ccc1Cc1ccc2c(c1)CCC2N. The zero-order chi connectivity index (χ0) is 16.1. The van der Waals surface area contributed by atoms with E-state index in [1.807, 2.05) is 13.8 Å². The van der Waals surface area contributed by atoms with Crippen LogP contribution in [-0.2, 0) is 19.3 Å². The molecule has 2 N–H and O–H groups in total. The third kappa shape index (κ3) is 3.59. The molecule has 1 aliphatic carbocycles. The minimum atomic E-state index is 0.254. The zero-order valence-electron chi connectivity index (χ0n) is 14.4. The summed E-state index contributed by atoms with van der Waals surface area (Å²) in [5.41, 5.74) is 14.6. The number of hydrogen-bond acceptors (Lipinski definition) is 1. The highest BCUT2D eigenvalue weighted by molar-refractivity contribution is 5.41. The fourth-order valence-corrected chi connectivity index (χ4v) is 3.29. The van der Waals surface area contributed by atoms with Crippen molar-refractivity contribution >= 4 is 0 Å². The van der Waals surface area contributed by atoms with E-state index < -0.39 is 0 Å². The molecule has 22 heavy (non-hydrogen) atoms. The van der Waals surface area contributed by atoms with Crippen LogP contribution in [0.4, 0.5) is 0 Å². The predicted octanol–water partition coefficient (Wildman–Crippen LogP) is 5.12. The Labute approximate surface area is 135 Å². The Morgan fingerprint density at radius 2 is 1.82 bits per heavy atom. The molecule has 3 rings (SSSR count). The normalized spacial score (nSPS) is 16.0. The summed E-state index contributed by atoms with van der Waals surface area (Å²) in [5.74, 6) is 0. The van der Waals surface area contributed by atoms with E-state index in [0.29, 0.717) is 0 Å². The van der Waals surface area contributed by atoms with E-state index in [0.717, 1.165) is 25.7 Å². The predicted molar refractivity (Wildman–Crippen MR) is 96.4 cm³/mol. The minimum absolute atomic E-state index is 0.254. The number of hydrogen-bond donors (Lipinski definition) is 1. The molecular weight excluding hydrogens is 266 g/mol. The van der Waals surface area contributed by atoms with E-state index in [-0.39, 0.29) is 6.04 Å². The number of nitrogens with two attached hydrogens (primary N) is 1. The van der Waals surface area contributed by atoms with Crippen LogP contribution in [0.15, 0.2) is 36.4 Å². The van der Waals surface area contributed by atoms with Gasteiger partial charge in [0, 0.05) is 6.04 Å². The molecule has 0 heterocycles. The minimum Gasteiger partial charge on any atom is -0.324 e. The maximum absolute atomic E-state index is 6.11. The highest BCUT2D eigenvalue weighted by Crippen LogP contribution is 2.30. The molecule has 1 nitrogen and oxygen atoms in total. The highest BCUT2D eigenvalue weighted by atomic mass is 14.6. The molecular formula is C21H29N. The van der Waals surface area contributed by atoms with E-state index >= 15 is 0 Å². The Balaban J connectivity index is 0.000000847. The number of benzene rings is 2. The van der Waals surface area contributed by atoms with E-state index in [1.54, 1.807) is 0 Å². The molecule has 0 spiro atoms. The van der Waals surface area contributed by atoms with Crippen molar-refractivity contribution in [3.8, 4) is 0 Å². The average molecular weight is 295 g/mol. The van der Waals surface area contributed by atoms with Crippen LogP contribution in [0.3, 0.4) is 0 Å². The van der Waals surface area contributed by atoms with E-state index in [9.17, 15) is 0 Å². The van der Waals surface area contributed by atoms with Crippen LogP contribution in [0, 0.1) is 6.92 Å². The molecule has 2 aromatic carbocycles. The van der Waals surface area contributed by atoms with Crippen molar-refractivity contribution in [2.24, 2.45) is 5.73 Å². The van der Waals surface area contributed by atoms with E-state index in [1.165, 1.54) is 33.4 Å². The van der Waals surface area contributed by atoms with Crippen LogP contribution < -0.4 is 5.73 Å². The zero-order valence-corrected chi connectivity index (χ0v) is 14.4. The molecule has 0 aliphatic heterocycles. The lowest BCUT2D eigenvalue weighted by molar-refractivity contribution is 0.713. The summed E-state index contributed by atoms with van der Waals surface area (Å²) in [6.07, 6.45) is 4.38. The summed E-state index contributed by atoms with van der Waals surface area (Å²) in [6, 6.07) is 13.9. The molecule has 0 bridgehead atoms. The second-order valence-corrected chi connectivity index (χ2v) is 5.98. The fraction of sp³-hybridized carbons (Fsp3) is 0.429. The third-order valence-corrected chi connectivity index (χ3v) is 4.47. The van der Waals surface area contributed by atoms with E-state index in [2.05, 4.69) is 50.2 Å². The lowest BCUT2D eigenvalue weighted by Gasteiger charge is -2.11.